The molecular weight excluding hydrogens is 366 g/mol. The van der Waals surface area contributed by atoms with Crippen molar-refractivity contribution in [2.75, 3.05) is 20.1 Å². The van der Waals surface area contributed by atoms with E-state index >= 15 is 0 Å². The highest BCUT2D eigenvalue weighted by molar-refractivity contribution is 6.44. The first-order chi connectivity index (χ1) is 14.0. The normalized spacial score (nSPS) is 14.7. The van der Waals surface area contributed by atoms with Crippen LogP contribution in [0.1, 0.15) is 56.3 Å². The smallest absolute Gasteiger partial charge is 0.295 e. The van der Waals surface area contributed by atoms with Crippen molar-refractivity contribution in [2.45, 2.75) is 58.5 Å². The van der Waals surface area contributed by atoms with E-state index in [2.05, 4.69) is 0 Å². The summed E-state index contributed by atoms with van der Waals surface area (Å²) in [6, 6.07) is 7.60. The molecule has 1 aromatic carbocycles. The molecule has 1 aliphatic rings. The topological polar surface area (TPSA) is 62.6 Å². The molecule has 1 saturated carbocycles. The molecule has 0 unspecified atom stereocenters. The molecule has 3 rings (SSSR count). The van der Waals surface area contributed by atoms with E-state index in [1.807, 2.05) is 38.1 Å². The van der Waals surface area contributed by atoms with Crippen molar-refractivity contribution in [1.29, 1.82) is 0 Å². The summed E-state index contributed by atoms with van der Waals surface area (Å²) < 4.78 is 1.79. The zero-order valence-corrected chi connectivity index (χ0v) is 17.7. The average molecular weight is 398 g/mol. The van der Waals surface area contributed by atoms with Gasteiger partial charge in [0.2, 0.25) is 5.91 Å². The largest absolute Gasteiger partial charge is 0.342 e. The van der Waals surface area contributed by atoms with E-state index in [0.29, 0.717) is 18.7 Å². The van der Waals surface area contributed by atoms with E-state index in [0.717, 1.165) is 36.6 Å². The van der Waals surface area contributed by atoms with Gasteiger partial charge in [0.05, 0.1) is 5.56 Å². The third-order valence-corrected chi connectivity index (χ3v) is 6.09. The summed E-state index contributed by atoms with van der Waals surface area (Å²) in [4.78, 5) is 42.0. The molecule has 6 heteroatoms. The number of ketones is 1. The molecule has 0 saturated heterocycles. The van der Waals surface area contributed by atoms with Gasteiger partial charge in [-0.15, -0.1) is 0 Å². The fourth-order valence-electron chi connectivity index (χ4n) is 4.29. The minimum Gasteiger partial charge on any atom is -0.342 e. The van der Waals surface area contributed by atoms with Crippen molar-refractivity contribution in [1.82, 2.24) is 14.4 Å². The molecule has 0 N–H and O–H groups in total. The first-order valence-electron chi connectivity index (χ1n) is 10.6. The van der Waals surface area contributed by atoms with Gasteiger partial charge in [-0.25, -0.2) is 0 Å². The minimum absolute atomic E-state index is 0.000372. The number of rotatable bonds is 7. The van der Waals surface area contributed by atoms with E-state index in [9.17, 15) is 14.4 Å². The number of hydrogen-bond donors (Lipinski definition) is 0. The van der Waals surface area contributed by atoms with Gasteiger partial charge in [0.1, 0.15) is 6.54 Å². The van der Waals surface area contributed by atoms with Crippen molar-refractivity contribution in [3.63, 3.8) is 0 Å². The van der Waals surface area contributed by atoms with E-state index in [1.165, 1.54) is 6.42 Å². The molecule has 156 valence electrons. The quantitative estimate of drug-likeness (QED) is 0.531. The number of nitrogens with zero attached hydrogens (tertiary/aromatic N) is 3. The van der Waals surface area contributed by atoms with Gasteiger partial charge in [-0.2, -0.15) is 0 Å². The SMILES string of the molecule is CCN(CC)C(=O)Cn1cc(C(=O)C(=O)N(C)C2CCCCC2)c2ccccc21. The van der Waals surface area contributed by atoms with Crippen LogP contribution in [-0.4, -0.2) is 58.1 Å². The van der Waals surface area contributed by atoms with Crippen LogP contribution in [0.25, 0.3) is 10.9 Å². The van der Waals surface area contributed by atoms with Crippen molar-refractivity contribution in [3.05, 3.63) is 36.0 Å². The van der Waals surface area contributed by atoms with Crippen LogP contribution >= 0.6 is 0 Å². The number of likely N-dealkylation sites (N-methyl/N-ethyl adjacent to an activating group) is 2. The summed E-state index contributed by atoms with van der Waals surface area (Å²) >= 11 is 0. The Hall–Kier alpha value is -2.63. The van der Waals surface area contributed by atoms with Crippen LogP contribution in [0.15, 0.2) is 30.5 Å². The van der Waals surface area contributed by atoms with E-state index in [1.54, 1.807) is 27.6 Å². The zero-order valence-electron chi connectivity index (χ0n) is 17.7. The second-order valence-electron chi connectivity index (χ2n) is 7.79. The predicted octanol–water partition coefficient (Wildman–Crippen LogP) is 3.48. The van der Waals surface area contributed by atoms with E-state index < -0.39 is 11.7 Å². The molecule has 1 aromatic heterocycles. The number of benzene rings is 1. The fourth-order valence-corrected chi connectivity index (χ4v) is 4.29. The number of hydrogen-bond acceptors (Lipinski definition) is 3. The Morgan fingerprint density at radius 2 is 1.69 bits per heavy atom. The summed E-state index contributed by atoms with van der Waals surface area (Å²) in [6.07, 6.45) is 6.97. The Kier molecular flexibility index (Phi) is 6.72. The Morgan fingerprint density at radius 1 is 1.03 bits per heavy atom. The van der Waals surface area contributed by atoms with Crippen LogP contribution in [-0.2, 0) is 16.1 Å². The minimum atomic E-state index is -0.497. The lowest BCUT2D eigenvalue weighted by Gasteiger charge is -2.30. The molecule has 29 heavy (non-hydrogen) atoms. The summed E-state index contributed by atoms with van der Waals surface area (Å²) in [7, 11) is 1.74. The number of Topliss-reactive ketones (excluding diaryl/α,β-unsaturated/α-hetero) is 1. The third-order valence-electron chi connectivity index (χ3n) is 6.09. The Balaban J connectivity index is 1.88. The summed E-state index contributed by atoms with van der Waals surface area (Å²) in [5, 5.41) is 0.718. The fraction of sp³-hybridized carbons (Fsp3) is 0.522. The van der Waals surface area contributed by atoms with Gasteiger partial charge in [0, 0.05) is 43.3 Å². The van der Waals surface area contributed by atoms with Crippen LogP contribution in [0.2, 0.25) is 0 Å². The molecule has 0 atom stereocenters. The Morgan fingerprint density at radius 3 is 2.34 bits per heavy atom. The van der Waals surface area contributed by atoms with Gasteiger partial charge in [0.15, 0.2) is 0 Å². The molecule has 0 bridgehead atoms. The monoisotopic (exact) mass is 397 g/mol. The maximum Gasteiger partial charge on any atom is 0.295 e. The first kappa shape index (κ1) is 21.1. The molecule has 0 spiro atoms. The molecule has 2 aromatic rings. The predicted molar refractivity (Wildman–Crippen MR) is 114 cm³/mol. The van der Waals surface area contributed by atoms with Crippen LogP contribution < -0.4 is 0 Å². The maximum atomic E-state index is 13.1. The Labute approximate surface area is 172 Å². The summed E-state index contributed by atoms with van der Waals surface area (Å²) in [5.74, 6) is -0.960. The maximum absolute atomic E-state index is 13.1. The third kappa shape index (κ3) is 4.36. The van der Waals surface area contributed by atoms with Gasteiger partial charge >= 0.3 is 0 Å². The number of fused-ring (bicyclic) bond motifs is 1. The average Bonchev–Trinajstić information content (AvgIpc) is 3.12. The summed E-state index contributed by atoms with van der Waals surface area (Å²) in [6.45, 7) is 5.34. The zero-order chi connectivity index (χ0) is 21.0. The number of para-hydroxylation sites is 1. The van der Waals surface area contributed by atoms with Gasteiger partial charge < -0.3 is 14.4 Å². The molecule has 1 aliphatic carbocycles. The number of aromatic nitrogens is 1. The molecule has 0 radical (unpaired) electrons. The second-order valence-corrected chi connectivity index (χ2v) is 7.79. The first-order valence-corrected chi connectivity index (χ1v) is 10.6. The second kappa shape index (κ2) is 9.25. The van der Waals surface area contributed by atoms with Crippen LogP contribution in [0.5, 0.6) is 0 Å². The van der Waals surface area contributed by atoms with Crippen molar-refractivity contribution >= 4 is 28.5 Å². The lowest BCUT2D eigenvalue weighted by molar-refractivity contribution is -0.131. The number of carbonyl (C=O) groups excluding carboxylic acids is 3. The van der Waals surface area contributed by atoms with Crippen LogP contribution in [0, 0.1) is 0 Å². The highest BCUT2D eigenvalue weighted by Gasteiger charge is 2.29. The Bertz CT molecular complexity index is 892. The molecule has 6 nitrogen and oxygen atoms in total. The van der Waals surface area contributed by atoms with E-state index in [-0.39, 0.29) is 18.5 Å². The van der Waals surface area contributed by atoms with E-state index in [4.69, 9.17) is 0 Å². The number of amides is 2. The van der Waals surface area contributed by atoms with Crippen LogP contribution in [0.4, 0.5) is 0 Å². The van der Waals surface area contributed by atoms with Gasteiger partial charge in [-0.05, 0) is 32.8 Å². The van der Waals surface area contributed by atoms with Gasteiger partial charge in [-0.3, -0.25) is 14.4 Å². The molecular formula is C23H31N3O3. The van der Waals surface area contributed by atoms with Crippen molar-refractivity contribution in [3.8, 4) is 0 Å². The highest BCUT2D eigenvalue weighted by Crippen LogP contribution is 2.25. The lowest BCUT2D eigenvalue weighted by atomic mass is 9.94. The van der Waals surface area contributed by atoms with Gasteiger partial charge in [0.25, 0.3) is 11.7 Å². The van der Waals surface area contributed by atoms with Crippen molar-refractivity contribution in [2.24, 2.45) is 0 Å². The van der Waals surface area contributed by atoms with Crippen molar-refractivity contribution < 1.29 is 14.4 Å². The van der Waals surface area contributed by atoms with Crippen LogP contribution in [0.3, 0.4) is 0 Å². The summed E-state index contributed by atoms with van der Waals surface area (Å²) in [5.41, 5.74) is 1.17. The van der Waals surface area contributed by atoms with Gasteiger partial charge in [-0.1, -0.05) is 37.5 Å². The lowest BCUT2D eigenvalue weighted by Crippen LogP contribution is -2.42. The molecule has 2 amide bonds. The molecule has 1 fully saturated rings. The standard InChI is InChI=1S/C23H31N3O3/c1-4-25(5-2)21(27)16-26-15-19(18-13-9-10-14-20(18)26)22(28)23(29)24(3)17-11-7-6-8-12-17/h9-10,13-15,17H,4-8,11-12,16H2,1-3H3. The molecule has 1 heterocycles. The molecule has 0 aliphatic heterocycles. The highest BCUT2D eigenvalue weighted by atomic mass is 16.2. The number of carbonyl (C=O) groups is 3.